The molecule has 0 spiro atoms. The highest BCUT2D eigenvalue weighted by Gasteiger charge is 2.38. The Bertz CT molecular complexity index is 361. The fraction of sp³-hybridized carbons (Fsp3) is 0.385. The van der Waals surface area contributed by atoms with Crippen molar-refractivity contribution in [3.8, 4) is 0 Å². The van der Waals surface area contributed by atoms with Gasteiger partial charge in [-0.25, -0.2) is 0 Å². The highest BCUT2D eigenvalue weighted by atomic mass is 16.5. The van der Waals surface area contributed by atoms with Gasteiger partial charge >= 0.3 is 0 Å². The zero-order chi connectivity index (χ0) is 11.5. The molecule has 0 amide bonds. The molecule has 0 aromatic heterocycles. The Balaban J connectivity index is 2.03. The Morgan fingerprint density at radius 3 is 2.38 bits per heavy atom. The van der Waals surface area contributed by atoms with Gasteiger partial charge in [-0.3, -0.25) is 0 Å². The van der Waals surface area contributed by atoms with Gasteiger partial charge in [0.05, 0.1) is 6.10 Å². The maximum absolute atomic E-state index is 9.68. The molecule has 1 saturated heterocycles. The minimum Gasteiger partial charge on any atom is -0.388 e. The zero-order valence-electron chi connectivity index (χ0n) is 9.15. The Hall–Kier alpha value is -1.16. The minimum atomic E-state index is -0.838. The second kappa shape index (κ2) is 4.78. The number of rotatable bonds is 2. The molecule has 0 radical (unpaired) electrons. The van der Waals surface area contributed by atoms with Crippen LogP contribution in [0.2, 0.25) is 0 Å². The molecule has 3 nitrogen and oxygen atoms in total. The summed E-state index contributed by atoms with van der Waals surface area (Å²) < 4.78 is 5.42. The van der Waals surface area contributed by atoms with Gasteiger partial charge in [-0.15, -0.1) is 0 Å². The van der Waals surface area contributed by atoms with Crippen molar-refractivity contribution in [1.29, 1.82) is 0 Å². The second-order valence-corrected chi connectivity index (χ2v) is 4.06. The Kier molecular flexibility index (Phi) is 3.39. The number of ether oxygens (including phenoxy) is 1. The summed E-state index contributed by atoms with van der Waals surface area (Å²) in [6, 6.07) is 9.78. The van der Waals surface area contributed by atoms with Crippen molar-refractivity contribution in [2.24, 2.45) is 0 Å². The van der Waals surface area contributed by atoms with Crippen LogP contribution in [0, 0.1) is 0 Å². The molecule has 1 aliphatic heterocycles. The first-order valence-electron chi connectivity index (χ1n) is 5.43. The SMILES string of the molecule is C[C@@H]1O[C@H](/C=C/c2ccccc2)[C@H](O)[C@@H]1O. The van der Waals surface area contributed by atoms with Gasteiger partial charge in [0.2, 0.25) is 0 Å². The summed E-state index contributed by atoms with van der Waals surface area (Å²) in [6.07, 6.45) is 1.29. The van der Waals surface area contributed by atoms with Crippen molar-refractivity contribution < 1.29 is 14.9 Å². The van der Waals surface area contributed by atoms with Crippen LogP contribution in [0.4, 0.5) is 0 Å². The summed E-state index contributed by atoms with van der Waals surface area (Å²) in [5, 5.41) is 19.2. The molecule has 1 aromatic rings. The Morgan fingerprint density at radius 1 is 1.12 bits per heavy atom. The summed E-state index contributed by atoms with van der Waals surface area (Å²) in [7, 11) is 0. The first kappa shape index (κ1) is 11.3. The van der Waals surface area contributed by atoms with E-state index in [1.54, 1.807) is 13.0 Å². The first-order chi connectivity index (χ1) is 7.68. The highest BCUT2D eigenvalue weighted by Crippen LogP contribution is 2.22. The monoisotopic (exact) mass is 220 g/mol. The van der Waals surface area contributed by atoms with E-state index >= 15 is 0 Å². The largest absolute Gasteiger partial charge is 0.388 e. The van der Waals surface area contributed by atoms with Crippen LogP contribution in [-0.2, 0) is 4.74 Å². The van der Waals surface area contributed by atoms with Gasteiger partial charge in [0, 0.05) is 0 Å². The number of aliphatic hydroxyl groups is 2. The third-order valence-electron chi connectivity index (χ3n) is 2.82. The van der Waals surface area contributed by atoms with Gasteiger partial charge in [-0.1, -0.05) is 42.5 Å². The van der Waals surface area contributed by atoms with Crippen molar-refractivity contribution in [2.75, 3.05) is 0 Å². The van der Waals surface area contributed by atoms with Crippen LogP contribution >= 0.6 is 0 Å². The smallest absolute Gasteiger partial charge is 0.112 e. The van der Waals surface area contributed by atoms with Crippen LogP contribution < -0.4 is 0 Å². The molecule has 0 saturated carbocycles. The lowest BCUT2D eigenvalue weighted by Crippen LogP contribution is -2.30. The molecule has 0 unspecified atom stereocenters. The minimum absolute atomic E-state index is 0.319. The molecule has 0 aliphatic carbocycles. The van der Waals surface area contributed by atoms with Gasteiger partial charge in [0.1, 0.15) is 18.3 Å². The maximum Gasteiger partial charge on any atom is 0.112 e. The van der Waals surface area contributed by atoms with E-state index < -0.39 is 18.3 Å². The lowest BCUT2D eigenvalue weighted by molar-refractivity contribution is 0.0316. The Labute approximate surface area is 95.0 Å². The fourth-order valence-electron chi connectivity index (χ4n) is 1.81. The van der Waals surface area contributed by atoms with E-state index in [1.165, 1.54) is 0 Å². The molecule has 1 fully saturated rings. The normalized spacial score (nSPS) is 34.7. The van der Waals surface area contributed by atoms with Gasteiger partial charge in [0.15, 0.2) is 0 Å². The van der Waals surface area contributed by atoms with E-state index in [0.717, 1.165) is 5.56 Å². The van der Waals surface area contributed by atoms with Gasteiger partial charge in [0.25, 0.3) is 0 Å². The van der Waals surface area contributed by atoms with E-state index in [9.17, 15) is 10.2 Å². The van der Waals surface area contributed by atoms with Gasteiger partial charge < -0.3 is 14.9 Å². The summed E-state index contributed by atoms with van der Waals surface area (Å²) in [4.78, 5) is 0. The molecule has 1 heterocycles. The van der Waals surface area contributed by atoms with Crippen LogP contribution in [0.25, 0.3) is 6.08 Å². The molecule has 0 bridgehead atoms. The average molecular weight is 220 g/mol. The number of hydrogen-bond donors (Lipinski definition) is 2. The standard InChI is InChI=1S/C13H16O3/c1-9-12(14)13(15)11(16-9)8-7-10-5-3-2-4-6-10/h2-9,11-15H,1H3/b8-7+/t9-,11+,12+,13-/m0/s1. The van der Waals surface area contributed by atoms with Gasteiger partial charge in [-0.2, -0.15) is 0 Å². The van der Waals surface area contributed by atoms with Crippen LogP contribution in [0.15, 0.2) is 36.4 Å². The number of aliphatic hydroxyl groups excluding tert-OH is 2. The zero-order valence-corrected chi connectivity index (χ0v) is 9.15. The number of benzene rings is 1. The molecule has 3 heteroatoms. The van der Waals surface area contributed by atoms with Crippen LogP contribution in [-0.4, -0.2) is 34.6 Å². The van der Waals surface area contributed by atoms with E-state index in [-0.39, 0.29) is 6.10 Å². The lowest BCUT2D eigenvalue weighted by atomic mass is 10.1. The van der Waals surface area contributed by atoms with Crippen molar-refractivity contribution >= 4 is 6.08 Å². The molecular formula is C13H16O3. The van der Waals surface area contributed by atoms with Gasteiger partial charge in [-0.05, 0) is 12.5 Å². The lowest BCUT2D eigenvalue weighted by Gasteiger charge is -2.09. The summed E-state index contributed by atoms with van der Waals surface area (Å²) in [5.41, 5.74) is 1.05. The average Bonchev–Trinajstić information content (AvgIpc) is 2.56. The third-order valence-corrected chi connectivity index (χ3v) is 2.82. The van der Waals surface area contributed by atoms with E-state index in [1.807, 2.05) is 36.4 Å². The second-order valence-electron chi connectivity index (χ2n) is 4.06. The fourth-order valence-corrected chi connectivity index (χ4v) is 1.81. The van der Waals surface area contributed by atoms with E-state index in [4.69, 9.17) is 4.74 Å². The van der Waals surface area contributed by atoms with Crippen molar-refractivity contribution in [3.63, 3.8) is 0 Å². The predicted octanol–water partition coefficient (Wildman–Crippen LogP) is 1.21. The quantitative estimate of drug-likeness (QED) is 0.787. The molecule has 2 N–H and O–H groups in total. The third kappa shape index (κ3) is 2.32. The van der Waals surface area contributed by atoms with Crippen molar-refractivity contribution in [2.45, 2.75) is 31.3 Å². The van der Waals surface area contributed by atoms with E-state index in [2.05, 4.69) is 0 Å². The summed E-state index contributed by atoms with van der Waals surface area (Å²) in [6.45, 7) is 1.75. The highest BCUT2D eigenvalue weighted by molar-refractivity contribution is 5.49. The first-order valence-corrected chi connectivity index (χ1v) is 5.43. The molecule has 86 valence electrons. The molecule has 4 atom stereocenters. The Morgan fingerprint density at radius 2 is 1.81 bits per heavy atom. The summed E-state index contributed by atoms with van der Waals surface area (Å²) in [5.74, 6) is 0. The maximum atomic E-state index is 9.68. The number of hydrogen-bond acceptors (Lipinski definition) is 3. The van der Waals surface area contributed by atoms with Crippen LogP contribution in [0.1, 0.15) is 12.5 Å². The van der Waals surface area contributed by atoms with E-state index in [0.29, 0.717) is 0 Å². The topological polar surface area (TPSA) is 49.7 Å². The van der Waals surface area contributed by atoms with Crippen molar-refractivity contribution in [3.05, 3.63) is 42.0 Å². The van der Waals surface area contributed by atoms with Crippen LogP contribution in [0.3, 0.4) is 0 Å². The molecule has 1 aliphatic rings. The summed E-state index contributed by atoms with van der Waals surface area (Å²) >= 11 is 0. The molecule has 2 rings (SSSR count). The van der Waals surface area contributed by atoms with Crippen LogP contribution in [0.5, 0.6) is 0 Å². The van der Waals surface area contributed by atoms with Crippen molar-refractivity contribution in [1.82, 2.24) is 0 Å². The molecule has 16 heavy (non-hydrogen) atoms. The predicted molar refractivity (Wildman–Crippen MR) is 61.8 cm³/mol. The molecule has 1 aromatic carbocycles. The molecular weight excluding hydrogens is 204 g/mol.